The summed E-state index contributed by atoms with van der Waals surface area (Å²) in [6.45, 7) is 0.768. The molecule has 1 amide bonds. The van der Waals surface area contributed by atoms with Crippen molar-refractivity contribution in [3.63, 3.8) is 0 Å². The van der Waals surface area contributed by atoms with Crippen LogP contribution in [0.4, 0.5) is 0 Å². The van der Waals surface area contributed by atoms with E-state index in [0.29, 0.717) is 4.88 Å². The number of hydrogen-bond acceptors (Lipinski definition) is 4. The highest BCUT2D eigenvalue weighted by Crippen LogP contribution is 2.32. The Morgan fingerprint density at radius 2 is 2.12 bits per heavy atom. The number of carbonyl (C=O) groups is 2. The van der Waals surface area contributed by atoms with Crippen LogP contribution in [0.2, 0.25) is 0 Å². The molecule has 5 nitrogen and oxygen atoms in total. The quantitative estimate of drug-likeness (QED) is 0.736. The summed E-state index contributed by atoms with van der Waals surface area (Å²) in [7, 11) is 0. The number of hydrogen-bond donors (Lipinski definition) is 3. The summed E-state index contributed by atoms with van der Waals surface area (Å²) in [4.78, 5) is 22.7. The molecule has 0 saturated heterocycles. The first-order chi connectivity index (χ1) is 7.74. The third-order valence-corrected chi connectivity index (χ3v) is 5.18. The molecule has 0 aliphatic rings. The van der Waals surface area contributed by atoms with Gasteiger partial charge in [0.25, 0.3) is 5.91 Å². The van der Waals surface area contributed by atoms with E-state index < -0.39 is 17.5 Å². The van der Waals surface area contributed by atoms with E-state index in [2.05, 4.69) is 37.2 Å². The molecule has 0 aliphatic carbocycles. The average Bonchev–Trinajstić information content (AvgIpc) is 2.56. The molecular weight excluding hydrogens is 378 g/mol. The summed E-state index contributed by atoms with van der Waals surface area (Å²) < 4.78 is 1.52. The third kappa shape index (κ3) is 3.77. The van der Waals surface area contributed by atoms with Gasteiger partial charge in [-0.2, -0.15) is 0 Å². The van der Waals surface area contributed by atoms with Crippen molar-refractivity contribution in [3.8, 4) is 0 Å². The van der Waals surface area contributed by atoms with Crippen LogP contribution in [0.15, 0.2) is 14.3 Å². The van der Waals surface area contributed by atoms with Crippen molar-refractivity contribution < 1.29 is 19.8 Å². The molecule has 0 spiro atoms. The van der Waals surface area contributed by atoms with Gasteiger partial charge in [-0.15, -0.1) is 11.3 Å². The van der Waals surface area contributed by atoms with Crippen LogP contribution in [0, 0.1) is 0 Å². The lowest BCUT2D eigenvalue weighted by molar-refractivity contribution is -0.155. The maximum atomic E-state index is 11.6. The largest absolute Gasteiger partial charge is 0.479 e. The number of carboxylic acids is 1. The lowest BCUT2D eigenvalue weighted by atomic mass is 10.1. The standard InChI is InChI=1S/C9H9Br2NO4S/c1-9(16,8(14)15)3-12-7(13)5-2-4(10)6(11)17-5/h2,16H,3H2,1H3,(H,12,13)(H,14,15). The summed E-state index contributed by atoms with van der Waals surface area (Å²) in [6, 6.07) is 1.61. The molecule has 0 saturated carbocycles. The predicted molar refractivity (Wildman–Crippen MR) is 70.3 cm³/mol. The van der Waals surface area contributed by atoms with Gasteiger partial charge in [0.05, 0.1) is 15.2 Å². The number of aliphatic hydroxyl groups is 1. The van der Waals surface area contributed by atoms with Gasteiger partial charge in [0, 0.05) is 4.47 Å². The fraction of sp³-hybridized carbons (Fsp3) is 0.333. The molecule has 1 aromatic heterocycles. The summed E-state index contributed by atoms with van der Waals surface area (Å²) >= 11 is 7.69. The maximum Gasteiger partial charge on any atom is 0.337 e. The lowest BCUT2D eigenvalue weighted by Gasteiger charge is -2.17. The van der Waals surface area contributed by atoms with Crippen LogP contribution in [0.3, 0.4) is 0 Å². The monoisotopic (exact) mass is 385 g/mol. The number of amides is 1. The first kappa shape index (κ1) is 14.6. The van der Waals surface area contributed by atoms with Gasteiger partial charge in [0.15, 0.2) is 5.60 Å². The van der Waals surface area contributed by atoms with Gasteiger partial charge in [0.2, 0.25) is 0 Å². The zero-order valence-electron chi connectivity index (χ0n) is 8.66. The molecule has 8 heteroatoms. The first-order valence-corrected chi connectivity index (χ1v) is 6.83. The molecule has 17 heavy (non-hydrogen) atoms. The Balaban J connectivity index is 2.65. The van der Waals surface area contributed by atoms with Gasteiger partial charge < -0.3 is 15.5 Å². The Kier molecular flexibility index (Phi) is 4.70. The Hall–Kier alpha value is -0.440. The highest BCUT2D eigenvalue weighted by Gasteiger charge is 2.30. The number of rotatable bonds is 4. The fourth-order valence-electron chi connectivity index (χ4n) is 0.874. The van der Waals surface area contributed by atoms with Crippen molar-refractivity contribution in [2.45, 2.75) is 12.5 Å². The number of carboxylic acid groups (broad SMARTS) is 1. The molecule has 1 unspecified atom stereocenters. The highest BCUT2D eigenvalue weighted by atomic mass is 79.9. The van der Waals surface area contributed by atoms with Crippen molar-refractivity contribution in [2.75, 3.05) is 6.54 Å². The number of carbonyl (C=O) groups excluding carboxylic acids is 1. The van der Waals surface area contributed by atoms with Gasteiger partial charge in [-0.05, 0) is 44.8 Å². The minimum absolute atomic E-state index is 0.353. The third-order valence-electron chi connectivity index (χ3n) is 1.92. The van der Waals surface area contributed by atoms with Crippen LogP contribution in [0.1, 0.15) is 16.6 Å². The molecule has 1 aromatic rings. The van der Waals surface area contributed by atoms with Crippen LogP contribution in [-0.2, 0) is 4.79 Å². The van der Waals surface area contributed by atoms with E-state index in [9.17, 15) is 14.7 Å². The lowest BCUT2D eigenvalue weighted by Crippen LogP contribution is -2.46. The van der Waals surface area contributed by atoms with Gasteiger partial charge in [-0.25, -0.2) is 4.79 Å². The van der Waals surface area contributed by atoms with E-state index in [1.165, 1.54) is 11.3 Å². The average molecular weight is 387 g/mol. The molecule has 0 fully saturated rings. The van der Waals surface area contributed by atoms with E-state index in [1.54, 1.807) is 6.07 Å². The number of halogens is 2. The molecule has 0 bridgehead atoms. The molecule has 0 aromatic carbocycles. The highest BCUT2D eigenvalue weighted by molar-refractivity contribution is 9.13. The Labute approximate surface area is 118 Å². The molecule has 94 valence electrons. The molecule has 3 N–H and O–H groups in total. The smallest absolute Gasteiger partial charge is 0.337 e. The molecule has 0 aliphatic heterocycles. The normalized spacial score (nSPS) is 14.1. The van der Waals surface area contributed by atoms with E-state index in [0.717, 1.165) is 15.2 Å². The Morgan fingerprint density at radius 3 is 2.53 bits per heavy atom. The summed E-state index contributed by atoms with van der Waals surface area (Å²) in [5.41, 5.74) is -1.97. The van der Waals surface area contributed by atoms with Crippen LogP contribution < -0.4 is 5.32 Å². The second-order valence-electron chi connectivity index (χ2n) is 3.49. The van der Waals surface area contributed by atoms with Crippen LogP contribution in [-0.4, -0.2) is 34.2 Å². The van der Waals surface area contributed by atoms with Crippen molar-refractivity contribution in [2.24, 2.45) is 0 Å². The topological polar surface area (TPSA) is 86.6 Å². The Bertz CT molecular complexity index is 438. The van der Waals surface area contributed by atoms with Gasteiger partial charge in [0.1, 0.15) is 0 Å². The minimum Gasteiger partial charge on any atom is -0.479 e. The zero-order chi connectivity index (χ0) is 13.2. The van der Waals surface area contributed by atoms with E-state index in [-0.39, 0.29) is 6.54 Å². The SMILES string of the molecule is CC(O)(CNC(=O)c1cc(Br)c(Br)s1)C(=O)O. The van der Waals surface area contributed by atoms with Gasteiger partial charge >= 0.3 is 5.97 Å². The second kappa shape index (κ2) is 5.47. The maximum absolute atomic E-state index is 11.6. The number of thiophene rings is 1. The molecule has 0 radical (unpaired) electrons. The van der Waals surface area contributed by atoms with Crippen molar-refractivity contribution in [3.05, 3.63) is 19.2 Å². The van der Waals surface area contributed by atoms with Crippen molar-refractivity contribution in [1.82, 2.24) is 5.32 Å². The van der Waals surface area contributed by atoms with Crippen LogP contribution in [0.5, 0.6) is 0 Å². The zero-order valence-corrected chi connectivity index (χ0v) is 12.6. The molecule has 1 atom stereocenters. The summed E-state index contributed by atoms with van der Waals surface area (Å²) in [5.74, 6) is -1.81. The molecule has 1 heterocycles. The summed E-state index contributed by atoms with van der Waals surface area (Å²) in [6.07, 6.45) is 0. The van der Waals surface area contributed by atoms with Crippen LogP contribution >= 0.6 is 43.2 Å². The van der Waals surface area contributed by atoms with E-state index >= 15 is 0 Å². The van der Waals surface area contributed by atoms with Crippen LogP contribution in [0.25, 0.3) is 0 Å². The minimum atomic E-state index is -1.97. The van der Waals surface area contributed by atoms with E-state index in [1.807, 2.05) is 0 Å². The fourth-order valence-corrected chi connectivity index (χ4v) is 2.83. The molecule has 1 rings (SSSR count). The first-order valence-electron chi connectivity index (χ1n) is 4.43. The molecular formula is C9H9Br2NO4S. The van der Waals surface area contributed by atoms with Gasteiger partial charge in [-0.3, -0.25) is 4.79 Å². The van der Waals surface area contributed by atoms with Crippen molar-refractivity contribution >= 4 is 55.1 Å². The number of nitrogens with one attached hydrogen (secondary N) is 1. The number of aliphatic carboxylic acids is 1. The van der Waals surface area contributed by atoms with E-state index in [4.69, 9.17) is 5.11 Å². The Morgan fingerprint density at radius 1 is 1.53 bits per heavy atom. The summed E-state index contributed by atoms with van der Waals surface area (Å²) in [5, 5.41) is 20.4. The van der Waals surface area contributed by atoms with Gasteiger partial charge in [-0.1, -0.05) is 0 Å². The second-order valence-corrected chi connectivity index (χ2v) is 6.72. The predicted octanol–water partition coefficient (Wildman–Crippen LogP) is 1.84. The van der Waals surface area contributed by atoms with Crippen molar-refractivity contribution in [1.29, 1.82) is 0 Å².